The van der Waals surface area contributed by atoms with Crippen LogP contribution < -0.4 is 5.32 Å². The zero-order valence-electron chi connectivity index (χ0n) is 11.8. The highest BCUT2D eigenvalue weighted by Crippen LogP contribution is 2.14. The summed E-state index contributed by atoms with van der Waals surface area (Å²) in [5, 5.41) is 12.8. The SMILES string of the molecule is CCC(C)(OC)C(=O)NCC(C)(O)CN(C)C. The number of ether oxygens (including phenoxy) is 1. The van der Waals surface area contributed by atoms with E-state index in [0.717, 1.165) is 0 Å². The molecule has 0 rings (SSSR count). The zero-order valence-corrected chi connectivity index (χ0v) is 11.8. The van der Waals surface area contributed by atoms with E-state index in [4.69, 9.17) is 4.74 Å². The average molecular weight is 246 g/mol. The highest BCUT2D eigenvalue weighted by molar-refractivity contribution is 5.84. The molecular weight excluding hydrogens is 220 g/mol. The van der Waals surface area contributed by atoms with Crippen LogP contribution in [0.25, 0.3) is 0 Å². The summed E-state index contributed by atoms with van der Waals surface area (Å²) in [6, 6.07) is 0. The molecule has 5 heteroatoms. The van der Waals surface area contributed by atoms with Crippen molar-refractivity contribution < 1.29 is 14.6 Å². The Morgan fingerprint density at radius 1 is 1.41 bits per heavy atom. The maximum atomic E-state index is 11.9. The van der Waals surface area contributed by atoms with Crippen molar-refractivity contribution in [3.63, 3.8) is 0 Å². The number of hydrogen-bond acceptors (Lipinski definition) is 4. The van der Waals surface area contributed by atoms with Crippen molar-refractivity contribution in [3.8, 4) is 0 Å². The molecule has 5 nitrogen and oxygen atoms in total. The molecule has 2 atom stereocenters. The summed E-state index contributed by atoms with van der Waals surface area (Å²) in [5.41, 5.74) is -1.77. The van der Waals surface area contributed by atoms with Gasteiger partial charge in [0.15, 0.2) is 0 Å². The highest BCUT2D eigenvalue weighted by atomic mass is 16.5. The Morgan fingerprint density at radius 2 is 1.94 bits per heavy atom. The predicted molar refractivity (Wildman–Crippen MR) is 67.9 cm³/mol. The smallest absolute Gasteiger partial charge is 0.252 e. The quantitative estimate of drug-likeness (QED) is 0.675. The third-order valence-electron chi connectivity index (χ3n) is 2.89. The van der Waals surface area contributed by atoms with Gasteiger partial charge in [0.1, 0.15) is 5.60 Å². The van der Waals surface area contributed by atoms with E-state index in [-0.39, 0.29) is 12.5 Å². The minimum Gasteiger partial charge on any atom is -0.387 e. The van der Waals surface area contributed by atoms with Gasteiger partial charge in [-0.25, -0.2) is 0 Å². The van der Waals surface area contributed by atoms with E-state index in [2.05, 4.69) is 5.32 Å². The Labute approximate surface area is 104 Å². The van der Waals surface area contributed by atoms with E-state index < -0.39 is 11.2 Å². The first-order valence-electron chi connectivity index (χ1n) is 5.87. The molecule has 2 unspecified atom stereocenters. The predicted octanol–water partition coefficient (Wildman–Crippen LogP) is 0.230. The van der Waals surface area contributed by atoms with Crippen LogP contribution in [-0.4, -0.2) is 61.4 Å². The number of amides is 1. The van der Waals surface area contributed by atoms with Gasteiger partial charge in [0.05, 0.1) is 5.60 Å². The molecule has 0 radical (unpaired) electrons. The fourth-order valence-corrected chi connectivity index (χ4v) is 1.59. The van der Waals surface area contributed by atoms with Crippen LogP contribution in [0.4, 0.5) is 0 Å². The van der Waals surface area contributed by atoms with Gasteiger partial charge in [-0.1, -0.05) is 6.92 Å². The molecule has 0 spiro atoms. The van der Waals surface area contributed by atoms with E-state index >= 15 is 0 Å². The molecule has 0 aliphatic carbocycles. The molecule has 0 heterocycles. The van der Waals surface area contributed by atoms with Crippen LogP contribution in [-0.2, 0) is 9.53 Å². The zero-order chi connectivity index (χ0) is 13.7. The van der Waals surface area contributed by atoms with E-state index in [1.807, 2.05) is 25.9 Å². The molecule has 0 bridgehead atoms. The van der Waals surface area contributed by atoms with Gasteiger partial charge in [-0.3, -0.25) is 4.79 Å². The van der Waals surface area contributed by atoms with Gasteiger partial charge in [-0.15, -0.1) is 0 Å². The molecule has 0 saturated heterocycles. The summed E-state index contributed by atoms with van der Waals surface area (Å²) in [5.74, 6) is -0.193. The van der Waals surface area contributed by atoms with Crippen LogP contribution in [0.15, 0.2) is 0 Å². The number of methoxy groups -OCH3 is 1. The summed E-state index contributed by atoms with van der Waals surface area (Å²) in [6.07, 6.45) is 0.588. The summed E-state index contributed by atoms with van der Waals surface area (Å²) < 4.78 is 5.19. The van der Waals surface area contributed by atoms with Crippen molar-refractivity contribution >= 4 is 5.91 Å². The largest absolute Gasteiger partial charge is 0.387 e. The molecule has 0 aliphatic heterocycles. The second-order valence-corrected chi connectivity index (χ2v) is 5.21. The van der Waals surface area contributed by atoms with Crippen molar-refractivity contribution in [2.24, 2.45) is 0 Å². The molecule has 17 heavy (non-hydrogen) atoms. The van der Waals surface area contributed by atoms with Crippen molar-refractivity contribution in [2.75, 3.05) is 34.3 Å². The van der Waals surface area contributed by atoms with Crippen LogP contribution in [0, 0.1) is 0 Å². The number of carbonyl (C=O) groups excluding carboxylic acids is 1. The van der Waals surface area contributed by atoms with Crippen LogP contribution in [0.3, 0.4) is 0 Å². The Hall–Kier alpha value is -0.650. The molecule has 1 amide bonds. The van der Waals surface area contributed by atoms with E-state index in [9.17, 15) is 9.90 Å². The number of likely N-dealkylation sites (N-methyl/N-ethyl adjacent to an activating group) is 1. The van der Waals surface area contributed by atoms with Gasteiger partial charge in [-0.05, 0) is 34.4 Å². The highest BCUT2D eigenvalue weighted by Gasteiger charge is 2.32. The molecular formula is C12H26N2O3. The van der Waals surface area contributed by atoms with Crippen LogP contribution >= 0.6 is 0 Å². The standard InChI is InChI=1S/C12H26N2O3/c1-7-12(3,17-6)10(15)13-8-11(2,16)9-14(4)5/h16H,7-9H2,1-6H3,(H,13,15). The van der Waals surface area contributed by atoms with Crippen molar-refractivity contribution in [2.45, 2.75) is 38.4 Å². The van der Waals surface area contributed by atoms with Crippen LogP contribution in [0.5, 0.6) is 0 Å². The number of hydrogen-bond donors (Lipinski definition) is 2. The summed E-state index contributed by atoms with van der Waals surface area (Å²) in [6.45, 7) is 6.03. The summed E-state index contributed by atoms with van der Waals surface area (Å²) in [7, 11) is 5.27. The Balaban J connectivity index is 4.33. The molecule has 0 saturated carbocycles. The first-order chi connectivity index (χ1) is 7.67. The van der Waals surface area contributed by atoms with Gasteiger partial charge >= 0.3 is 0 Å². The monoisotopic (exact) mass is 246 g/mol. The first-order valence-corrected chi connectivity index (χ1v) is 5.87. The molecule has 0 aromatic rings. The molecule has 0 aliphatic rings. The third-order valence-corrected chi connectivity index (χ3v) is 2.89. The van der Waals surface area contributed by atoms with E-state index in [1.54, 1.807) is 13.8 Å². The van der Waals surface area contributed by atoms with Gasteiger partial charge in [0.25, 0.3) is 5.91 Å². The molecule has 102 valence electrons. The van der Waals surface area contributed by atoms with E-state index in [0.29, 0.717) is 13.0 Å². The molecule has 0 aromatic heterocycles. The van der Waals surface area contributed by atoms with Crippen molar-refractivity contribution in [1.82, 2.24) is 10.2 Å². The summed E-state index contributed by atoms with van der Waals surface area (Å²) in [4.78, 5) is 13.8. The lowest BCUT2D eigenvalue weighted by Crippen LogP contribution is -2.52. The molecule has 0 fully saturated rings. The fourth-order valence-electron chi connectivity index (χ4n) is 1.59. The normalized spacial score (nSPS) is 18.6. The van der Waals surface area contributed by atoms with Crippen molar-refractivity contribution in [1.29, 1.82) is 0 Å². The lowest BCUT2D eigenvalue weighted by atomic mass is 10.0. The molecule has 2 N–H and O–H groups in total. The Morgan fingerprint density at radius 3 is 2.29 bits per heavy atom. The maximum Gasteiger partial charge on any atom is 0.252 e. The average Bonchev–Trinajstić information content (AvgIpc) is 2.23. The second-order valence-electron chi connectivity index (χ2n) is 5.21. The number of carbonyl (C=O) groups is 1. The first kappa shape index (κ1) is 16.4. The van der Waals surface area contributed by atoms with Crippen LogP contribution in [0.2, 0.25) is 0 Å². The second kappa shape index (κ2) is 6.33. The third kappa shape index (κ3) is 5.48. The lowest BCUT2D eigenvalue weighted by Gasteiger charge is -2.30. The minimum absolute atomic E-state index is 0.193. The Kier molecular flexibility index (Phi) is 6.09. The van der Waals surface area contributed by atoms with Gasteiger partial charge in [0, 0.05) is 20.2 Å². The summed E-state index contributed by atoms with van der Waals surface area (Å²) >= 11 is 0. The number of nitrogens with one attached hydrogen (secondary N) is 1. The van der Waals surface area contributed by atoms with Gasteiger partial charge < -0.3 is 20.1 Å². The Bertz CT molecular complexity index is 248. The van der Waals surface area contributed by atoms with Crippen molar-refractivity contribution in [3.05, 3.63) is 0 Å². The van der Waals surface area contributed by atoms with Crippen LogP contribution in [0.1, 0.15) is 27.2 Å². The lowest BCUT2D eigenvalue weighted by molar-refractivity contribution is -0.143. The molecule has 0 aromatic carbocycles. The van der Waals surface area contributed by atoms with E-state index in [1.165, 1.54) is 7.11 Å². The topological polar surface area (TPSA) is 61.8 Å². The number of rotatable bonds is 7. The number of aliphatic hydroxyl groups is 1. The minimum atomic E-state index is -0.943. The van der Waals surface area contributed by atoms with Gasteiger partial charge in [-0.2, -0.15) is 0 Å². The van der Waals surface area contributed by atoms with Gasteiger partial charge in [0.2, 0.25) is 0 Å². The maximum absolute atomic E-state index is 11.9. The number of nitrogens with zero attached hydrogens (tertiary/aromatic N) is 1. The fraction of sp³-hybridized carbons (Fsp3) is 0.917.